The minimum atomic E-state index is 0.133. The lowest BCUT2D eigenvalue weighted by molar-refractivity contribution is 0.422. The molecule has 0 saturated heterocycles. The van der Waals surface area contributed by atoms with Crippen molar-refractivity contribution in [3.63, 3.8) is 0 Å². The average molecular weight is 286 g/mol. The van der Waals surface area contributed by atoms with Crippen molar-refractivity contribution < 1.29 is 0 Å². The lowest BCUT2D eigenvalue weighted by Crippen LogP contribution is -2.35. The fourth-order valence-corrected chi connectivity index (χ4v) is 2.84. The molecule has 0 spiro atoms. The number of nitrogens with one attached hydrogen (secondary N) is 1. The first-order chi connectivity index (χ1) is 8.42. The Kier molecular flexibility index (Phi) is 6.54. The second kappa shape index (κ2) is 7.42. The monoisotopic (exact) mass is 285 g/mol. The topological polar surface area (TPSA) is 12.0 Å². The number of benzene rings is 1. The summed E-state index contributed by atoms with van der Waals surface area (Å²) < 4.78 is 0. The van der Waals surface area contributed by atoms with E-state index in [9.17, 15) is 0 Å². The highest BCUT2D eigenvalue weighted by Crippen LogP contribution is 2.27. The van der Waals surface area contributed by atoms with Gasteiger partial charge in [-0.25, -0.2) is 0 Å². The maximum atomic E-state index is 6.09. The molecule has 1 N–H and O–H groups in total. The standard InChI is InChI=1S/C15H24ClNS/c1-5-6-9-18-14-8-7-13(16)10-12(14)11-17-15(2,3)4/h7-8,10,17H,5-6,9,11H2,1-4H3. The quantitative estimate of drug-likeness (QED) is 0.575. The molecule has 0 heterocycles. The summed E-state index contributed by atoms with van der Waals surface area (Å²) in [4.78, 5) is 1.35. The molecule has 0 aliphatic rings. The van der Waals surface area contributed by atoms with E-state index in [1.54, 1.807) is 0 Å². The van der Waals surface area contributed by atoms with Gasteiger partial charge in [-0.1, -0.05) is 24.9 Å². The van der Waals surface area contributed by atoms with E-state index in [1.165, 1.54) is 29.1 Å². The van der Waals surface area contributed by atoms with Gasteiger partial charge >= 0.3 is 0 Å². The number of rotatable bonds is 6. The molecule has 18 heavy (non-hydrogen) atoms. The zero-order chi connectivity index (χ0) is 13.6. The lowest BCUT2D eigenvalue weighted by atomic mass is 10.1. The predicted octanol–water partition coefficient (Wildman–Crippen LogP) is 5.12. The second-order valence-corrected chi connectivity index (χ2v) is 7.13. The van der Waals surface area contributed by atoms with Crippen LogP contribution < -0.4 is 5.32 Å². The van der Waals surface area contributed by atoms with E-state index >= 15 is 0 Å². The summed E-state index contributed by atoms with van der Waals surface area (Å²) in [5.74, 6) is 1.18. The van der Waals surface area contributed by atoms with Gasteiger partial charge in [0.1, 0.15) is 0 Å². The van der Waals surface area contributed by atoms with Crippen LogP contribution in [0.3, 0.4) is 0 Å². The molecule has 1 aromatic carbocycles. The van der Waals surface area contributed by atoms with Crippen molar-refractivity contribution in [3.8, 4) is 0 Å². The van der Waals surface area contributed by atoms with E-state index in [-0.39, 0.29) is 5.54 Å². The summed E-state index contributed by atoms with van der Waals surface area (Å²) in [7, 11) is 0. The van der Waals surface area contributed by atoms with Crippen molar-refractivity contribution >= 4 is 23.4 Å². The third-order valence-corrected chi connectivity index (χ3v) is 4.02. The molecule has 0 saturated carbocycles. The summed E-state index contributed by atoms with van der Waals surface area (Å²) in [6, 6.07) is 6.20. The smallest absolute Gasteiger partial charge is 0.0410 e. The average Bonchev–Trinajstić information content (AvgIpc) is 2.28. The van der Waals surface area contributed by atoms with Crippen LogP contribution in [0.2, 0.25) is 5.02 Å². The third kappa shape index (κ3) is 6.12. The largest absolute Gasteiger partial charge is 0.308 e. The Labute approximate surface area is 121 Å². The van der Waals surface area contributed by atoms with Gasteiger partial charge in [0, 0.05) is 22.0 Å². The molecule has 0 atom stereocenters. The van der Waals surface area contributed by atoms with Crippen LogP contribution in [-0.4, -0.2) is 11.3 Å². The van der Waals surface area contributed by atoms with Crippen molar-refractivity contribution in [3.05, 3.63) is 28.8 Å². The summed E-state index contributed by atoms with van der Waals surface area (Å²) in [6.07, 6.45) is 2.51. The Morgan fingerprint density at radius 1 is 1.28 bits per heavy atom. The van der Waals surface area contributed by atoms with E-state index in [2.05, 4.69) is 45.1 Å². The fourth-order valence-electron chi connectivity index (χ4n) is 1.51. The van der Waals surface area contributed by atoms with Crippen molar-refractivity contribution in [2.45, 2.75) is 57.5 Å². The third-order valence-electron chi connectivity index (χ3n) is 2.59. The summed E-state index contributed by atoms with van der Waals surface area (Å²) in [5, 5.41) is 4.34. The van der Waals surface area contributed by atoms with Crippen LogP contribution in [-0.2, 0) is 6.54 Å². The van der Waals surface area contributed by atoms with Gasteiger partial charge in [0.05, 0.1) is 0 Å². The van der Waals surface area contributed by atoms with E-state index in [0.29, 0.717) is 0 Å². The van der Waals surface area contributed by atoms with Crippen molar-refractivity contribution in [2.24, 2.45) is 0 Å². The number of thioether (sulfide) groups is 1. The molecule has 0 unspecified atom stereocenters. The minimum Gasteiger partial charge on any atom is -0.308 e. The Balaban J connectivity index is 2.70. The van der Waals surface area contributed by atoms with Crippen molar-refractivity contribution in [1.29, 1.82) is 0 Å². The Morgan fingerprint density at radius 3 is 2.61 bits per heavy atom. The van der Waals surface area contributed by atoms with Gasteiger partial charge in [0.2, 0.25) is 0 Å². The first kappa shape index (κ1) is 15.9. The van der Waals surface area contributed by atoms with Gasteiger partial charge in [-0.05, 0) is 56.7 Å². The minimum absolute atomic E-state index is 0.133. The number of unbranched alkanes of at least 4 members (excludes halogenated alkanes) is 1. The number of hydrogen-bond acceptors (Lipinski definition) is 2. The maximum absolute atomic E-state index is 6.09. The second-order valence-electron chi connectivity index (χ2n) is 5.56. The molecule has 0 aromatic heterocycles. The van der Waals surface area contributed by atoms with Crippen LogP contribution in [0.25, 0.3) is 0 Å². The summed E-state index contributed by atoms with van der Waals surface area (Å²) >= 11 is 8.02. The molecule has 0 bridgehead atoms. The van der Waals surface area contributed by atoms with Crippen LogP contribution in [0, 0.1) is 0 Å². The van der Waals surface area contributed by atoms with Gasteiger partial charge in [-0.2, -0.15) is 0 Å². The summed E-state index contributed by atoms with van der Waals surface area (Å²) in [5.41, 5.74) is 1.44. The molecule has 0 aliphatic heterocycles. The molecule has 1 aromatic rings. The van der Waals surface area contributed by atoms with Gasteiger partial charge < -0.3 is 5.32 Å². The first-order valence-electron chi connectivity index (χ1n) is 6.58. The Hall–Kier alpha value is -0.180. The van der Waals surface area contributed by atoms with Gasteiger partial charge in [0.15, 0.2) is 0 Å². The van der Waals surface area contributed by atoms with Crippen LogP contribution in [0.15, 0.2) is 23.1 Å². The molecular formula is C15H24ClNS. The molecule has 3 heteroatoms. The molecular weight excluding hydrogens is 262 g/mol. The fraction of sp³-hybridized carbons (Fsp3) is 0.600. The van der Waals surface area contributed by atoms with Crippen LogP contribution in [0.4, 0.5) is 0 Å². The summed E-state index contributed by atoms with van der Waals surface area (Å²) in [6.45, 7) is 9.65. The highest BCUT2D eigenvalue weighted by Gasteiger charge is 2.11. The van der Waals surface area contributed by atoms with Gasteiger partial charge in [-0.3, -0.25) is 0 Å². The zero-order valence-electron chi connectivity index (χ0n) is 11.8. The Bertz CT molecular complexity index is 371. The SMILES string of the molecule is CCCCSc1ccc(Cl)cc1CNC(C)(C)C. The molecule has 0 amide bonds. The highest BCUT2D eigenvalue weighted by atomic mass is 35.5. The molecule has 0 radical (unpaired) electrons. The first-order valence-corrected chi connectivity index (χ1v) is 7.95. The van der Waals surface area contributed by atoms with Crippen molar-refractivity contribution in [1.82, 2.24) is 5.32 Å². The molecule has 1 rings (SSSR count). The normalized spacial score (nSPS) is 11.8. The molecule has 0 fully saturated rings. The predicted molar refractivity (Wildman–Crippen MR) is 83.7 cm³/mol. The van der Waals surface area contributed by atoms with Crippen molar-refractivity contribution in [2.75, 3.05) is 5.75 Å². The molecule has 102 valence electrons. The zero-order valence-corrected chi connectivity index (χ0v) is 13.4. The highest BCUT2D eigenvalue weighted by molar-refractivity contribution is 7.99. The van der Waals surface area contributed by atoms with E-state index < -0.39 is 0 Å². The molecule has 1 nitrogen and oxygen atoms in total. The van der Waals surface area contributed by atoms with E-state index in [0.717, 1.165) is 11.6 Å². The lowest BCUT2D eigenvalue weighted by Gasteiger charge is -2.21. The van der Waals surface area contributed by atoms with Crippen LogP contribution >= 0.6 is 23.4 Å². The molecule has 0 aliphatic carbocycles. The van der Waals surface area contributed by atoms with Crippen LogP contribution in [0.1, 0.15) is 46.1 Å². The van der Waals surface area contributed by atoms with Gasteiger partial charge in [-0.15, -0.1) is 11.8 Å². The van der Waals surface area contributed by atoms with Gasteiger partial charge in [0.25, 0.3) is 0 Å². The number of hydrogen-bond donors (Lipinski definition) is 1. The Morgan fingerprint density at radius 2 is 2.00 bits per heavy atom. The maximum Gasteiger partial charge on any atom is 0.0410 e. The van der Waals surface area contributed by atoms with E-state index in [4.69, 9.17) is 11.6 Å². The van der Waals surface area contributed by atoms with Crippen LogP contribution in [0.5, 0.6) is 0 Å². The van der Waals surface area contributed by atoms with E-state index in [1.807, 2.05) is 17.8 Å². The number of halogens is 1.